The van der Waals surface area contributed by atoms with Gasteiger partial charge in [0, 0.05) is 17.1 Å². The summed E-state index contributed by atoms with van der Waals surface area (Å²) < 4.78 is 28.1. The van der Waals surface area contributed by atoms with Crippen molar-refractivity contribution in [2.24, 2.45) is 0 Å². The highest BCUT2D eigenvalue weighted by Crippen LogP contribution is 2.22. The Morgan fingerprint density at radius 1 is 1.30 bits per heavy atom. The second-order valence-electron chi connectivity index (χ2n) is 4.38. The van der Waals surface area contributed by atoms with Gasteiger partial charge in [-0.25, -0.2) is 13.1 Å². The van der Waals surface area contributed by atoms with Gasteiger partial charge < -0.3 is 5.73 Å². The highest BCUT2D eigenvalue weighted by molar-refractivity contribution is 9.11. The van der Waals surface area contributed by atoms with Crippen LogP contribution in [0.15, 0.2) is 39.0 Å². The largest absolute Gasteiger partial charge is 0.399 e. The fourth-order valence-corrected chi connectivity index (χ4v) is 4.57. The maximum absolute atomic E-state index is 12.2. The third-order valence-electron chi connectivity index (χ3n) is 2.79. The Morgan fingerprint density at radius 2 is 2.05 bits per heavy atom. The molecule has 20 heavy (non-hydrogen) atoms. The lowest BCUT2D eigenvalue weighted by atomic mass is 10.2. The van der Waals surface area contributed by atoms with Crippen molar-refractivity contribution in [1.82, 2.24) is 4.72 Å². The van der Waals surface area contributed by atoms with E-state index >= 15 is 0 Å². The minimum atomic E-state index is -3.51. The first-order valence-electron chi connectivity index (χ1n) is 5.98. The highest BCUT2D eigenvalue weighted by atomic mass is 79.9. The van der Waals surface area contributed by atoms with Gasteiger partial charge in [0.05, 0.1) is 8.68 Å². The predicted molar refractivity (Wildman–Crippen MR) is 86.5 cm³/mol. The monoisotopic (exact) mass is 374 g/mol. The maximum Gasteiger partial charge on any atom is 0.240 e. The zero-order valence-electron chi connectivity index (χ0n) is 10.9. The first kappa shape index (κ1) is 15.5. The van der Waals surface area contributed by atoms with Crippen molar-refractivity contribution >= 4 is 43.0 Å². The minimum Gasteiger partial charge on any atom is -0.399 e. The Hall–Kier alpha value is -0.890. The molecule has 0 aliphatic rings. The second kappa shape index (κ2) is 6.26. The number of halogens is 1. The number of anilines is 1. The van der Waals surface area contributed by atoms with Crippen LogP contribution in [0, 0.1) is 6.92 Å². The van der Waals surface area contributed by atoms with Crippen molar-refractivity contribution in [3.63, 3.8) is 0 Å². The van der Waals surface area contributed by atoms with Crippen molar-refractivity contribution < 1.29 is 8.42 Å². The molecule has 0 fully saturated rings. The molecule has 1 aromatic heterocycles. The second-order valence-corrected chi connectivity index (χ2v) is 8.66. The van der Waals surface area contributed by atoms with Crippen LogP contribution in [0.5, 0.6) is 0 Å². The summed E-state index contributed by atoms with van der Waals surface area (Å²) >= 11 is 4.99. The molecule has 4 nitrogen and oxygen atoms in total. The molecule has 3 N–H and O–H groups in total. The quantitative estimate of drug-likeness (QED) is 0.790. The molecule has 2 aromatic rings. The third kappa shape index (κ3) is 3.82. The predicted octanol–water partition coefficient (Wildman–Crippen LogP) is 2.92. The van der Waals surface area contributed by atoms with E-state index < -0.39 is 10.0 Å². The molecule has 0 amide bonds. The SMILES string of the molecule is Cc1ccc(N)cc1S(=O)(=O)NCCc1ccc(Br)s1. The minimum absolute atomic E-state index is 0.241. The average Bonchev–Trinajstić information content (AvgIpc) is 2.78. The molecule has 0 saturated carbocycles. The van der Waals surface area contributed by atoms with Gasteiger partial charge in [0.1, 0.15) is 0 Å². The Kier molecular flexibility index (Phi) is 4.85. The Bertz CT molecular complexity index is 711. The highest BCUT2D eigenvalue weighted by Gasteiger charge is 2.16. The summed E-state index contributed by atoms with van der Waals surface area (Å²) in [6.45, 7) is 2.12. The van der Waals surface area contributed by atoms with E-state index in [1.807, 2.05) is 12.1 Å². The van der Waals surface area contributed by atoms with E-state index in [2.05, 4.69) is 20.7 Å². The third-order valence-corrected chi connectivity index (χ3v) is 6.08. The number of thiophene rings is 1. The van der Waals surface area contributed by atoms with Crippen LogP contribution >= 0.6 is 27.3 Å². The van der Waals surface area contributed by atoms with Crippen LogP contribution in [0.4, 0.5) is 5.69 Å². The van der Waals surface area contributed by atoms with Gasteiger partial charge in [0.15, 0.2) is 0 Å². The molecule has 108 valence electrons. The van der Waals surface area contributed by atoms with Crippen molar-refractivity contribution in [2.45, 2.75) is 18.2 Å². The number of nitrogens with one attached hydrogen (secondary N) is 1. The molecule has 0 spiro atoms. The summed E-state index contributed by atoms with van der Waals surface area (Å²) in [4.78, 5) is 1.37. The summed E-state index contributed by atoms with van der Waals surface area (Å²) in [6, 6.07) is 8.82. The van der Waals surface area contributed by atoms with Crippen molar-refractivity contribution in [3.8, 4) is 0 Å². The summed E-state index contributed by atoms with van der Waals surface area (Å²) in [5.41, 5.74) is 6.78. The standard InChI is InChI=1S/C13H15BrN2O2S2/c1-9-2-3-10(15)8-12(9)20(17,18)16-7-6-11-4-5-13(14)19-11/h2-5,8,16H,6-7,15H2,1H3. The van der Waals surface area contributed by atoms with Crippen LogP contribution in [-0.2, 0) is 16.4 Å². The van der Waals surface area contributed by atoms with Crippen molar-refractivity contribution in [2.75, 3.05) is 12.3 Å². The first-order valence-corrected chi connectivity index (χ1v) is 9.08. The zero-order chi connectivity index (χ0) is 14.8. The zero-order valence-corrected chi connectivity index (χ0v) is 14.1. The van der Waals surface area contributed by atoms with Gasteiger partial charge in [-0.05, 0) is 59.1 Å². The van der Waals surface area contributed by atoms with Gasteiger partial charge >= 0.3 is 0 Å². The molecular formula is C13H15BrN2O2S2. The molecule has 1 aromatic carbocycles. The van der Waals surface area contributed by atoms with Gasteiger partial charge in [-0.3, -0.25) is 0 Å². The Morgan fingerprint density at radius 3 is 2.70 bits per heavy atom. The molecule has 0 bridgehead atoms. The molecule has 0 radical (unpaired) electrons. The average molecular weight is 375 g/mol. The van der Waals surface area contributed by atoms with E-state index in [-0.39, 0.29) is 4.90 Å². The molecule has 0 unspecified atom stereocenters. The fourth-order valence-electron chi connectivity index (χ4n) is 1.78. The molecule has 0 atom stereocenters. The van der Waals surface area contributed by atoms with E-state index in [1.54, 1.807) is 30.4 Å². The molecular weight excluding hydrogens is 360 g/mol. The maximum atomic E-state index is 12.2. The smallest absolute Gasteiger partial charge is 0.240 e. The number of hydrogen-bond acceptors (Lipinski definition) is 4. The Balaban J connectivity index is 2.06. The van der Waals surface area contributed by atoms with E-state index in [0.717, 1.165) is 8.66 Å². The van der Waals surface area contributed by atoms with Crippen LogP contribution in [0.25, 0.3) is 0 Å². The van der Waals surface area contributed by atoms with Gasteiger partial charge in [0.25, 0.3) is 0 Å². The normalized spacial score (nSPS) is 11.7. The number of nitrogen functional groups attached to an aromatic ring is 1. The molecule has 7 heteroatoms. The van der Waals surface area contributed by atoms with Crippen LogP contribution in [-0.4, -0.2) is 15.0 Å². The molecule has 0 saturated heterocycles. The van der Waals surface area contributed by atoms with Crippen molar-refractivity contribution in [3.05, 3.63) is 44.6 Å². The van der Waals surface area contributed by atoms with Crippen molar-refractivity contribution in [1.29, 1.82) is 0 Å². The van der Waals surface area contributed by atoms with E-state index in [1.165, 1.54) is 6.07 Å². The number of rotatable bonds is 5. The van der Waals surface area contributed by atoms with Crippen LogP contribution < -0.4 is 10.5 Å². The number of benzene rings is 1. The molecule has 2 rings (SSSR count). The van der Waals surface area contributed by atoms with Gasteiger partial charge in [-0.1, -0.05) is 6.07 Å². The molecule has 0 aliphatic heterocycles. The fraction of sp³-hybridized carbons (Fsp3) is 0.231. The number of nitrogens with two attached hydrogens (primary N) is 1. The summed E-state index contributed by atoms with van der Waals surface area (Å²) in [7, 11) is -3.51. The summed E-state index contributed by atoms with van der Waals surface area (Å²) in [5.74, 6) is 0. The summed E-state index contributed by atoms with van der Waals surface area (Å²) in [6.07, 6.45) is 0.664. The molecule has 0 aliphatic carbocycles. The van der Waals surface area contributed by atoms with E-state index in [9.17, 15) is 8.42 Å². The van der Waals surface area contributed by atoms with Crippen LogP contribution in [0.3, 0.4) is 0 Å². The lowest BCUT2D eigenvalue weighted by Crippen LogP contribution is -2.26. The van der Waals surface area contributed by atoms with E-state index in [0.29, 0.717) is 24.2 Å². The van der Waals surface area contributed by atoms with Gasteiger partial charge in [-0.15, -0.1) is 11.3 Å². The van der Waals surface area contributed by atoms with Gasteiger partial charge in [-0.2, -0.15) is 0 Å². The number of sulfonamides is 1. The van der Waals surface area contributed by atoms with Crippen LogP contribution in [0.2, 0.25) is 0 Å². The van der Waals surface area contributed by atoms with E-state index in [4.69, 9.17) is 5.73 Å². The molecule has 1 heterocycles. The lowest BCUT2D eigenvalue weighted by Gasteiger charge is -2.09. The topological polar surface area (TPSA) is 72.2 Å². The Labute approximate surface area is 131 Å². The number of hydrogen-bond donors (Lipinski definition) is 2. The van der Waals surface area contributed by atoms with Crippen LogP contribution in [0.1, 0.15) is 10.4 Å². The van der Waals surface area contributed by atoms with Gasteiger partial charge in [0.2, 0.25) is 10.0 Å². The summed E-state index contributed by atoms with van der Waals surface area (Å²) in [5, 5.41) is 0. The number of aryl methyl sites for hydroxylation is 1. The lowest BCUT2D eigenvalue weighted by molar-refractivity contribution is 0.581. The first-order chi connectivity index (χ1) is 9.38.